The normalized spacial score (nSPS) is 11.9. The van der Waals surface area contributed by atoms with Crippen LogP contribution >= 0.6 is 11.8 Å². The second-order valence-electron chi connectivity index (χ2n) is 7.42. The zero-order valence-corrected chi connectivity index (χ0v) is 19.3. The van der Waals surface area contributed by atoms with E-state index in [4.69, 9.17) is 9.47 Å². The molecule has 31 heavy (non-hydrogen) atoms. The number of amides is 1. The van der Waals surface area contributed by atoms with Crippen LogP contribution in [0.2, 0.25) is 0 Å². The van der Waals surface area contributed by atoms with Crippen molar-refractivity contribution in [1.82, 2.24) is 14.8 Å². The Kier molecular flexibility index (Phi) is 7.57. The van der Waals surface area contributed by atoms with Crippen LogP contribution in [0.15, 0.2) is 53.7 Å². The van der Waals surface area contributed by atoms with E-state index in [0.717, 1.165) is 11.3 Å². The molecule has 3 aromatic rings. The second kappa shape index (κ2) is 10.3. The first-order chi connectivity index (χ1) is 14.9. The molecule has 0 aliphatic rings. The third-order valence-electron chi connectivity index (χ3n) is 4.58. The van der Waals surface area contributed by atoms with Crippen LogP contribution in [0, 0.1) is 6.92 Å². The lowest BCUT2D eigenvalue weighted by molar-refractivity contribution is -0.113. The Bertz CT molecular complexity index is 1040. The maximum absolute atomic E-state index is 12.4. The quantitative estimate of drug-likeness (QED) is 0.469. The highest BCUT2D eigenvalue weighted by molar-refractivity contribution is 7.99. The molecule has 0 aliphatic carbocycles. The molecule has 0 saturated carbocycles. The van der Waals surface area contributed by atoms with E-state index in [1.165, 1.54) is 11.8 Å². The number of nitrogens with zero attached hydrogens (tertiary/aromatic N) is 3. The number of carbonyl (C=O) groups excluding carboxylic acids is 1. The molecular weight excluding hydrogens is 412 g/mol. The minimum absolute atomic E-state index is 0.0891. The van der Waals surface area contributed by atoms with Gasteiger partial charge in [-0.05, 0) is 57.5 Å². The zero-order chi connectivity index (χ0) is 22.4. The number of methoxy groups -OCH3 is 1. The molecule has 1 amide bonds. The van der Waals surface area contributed by atoms with Crippen molar-refractivity contribution in [3.8, 4) is 11.5 Å². The Hall–Kier alpha value is -3.00. The van der Waals surface area contributed by atoms with E-state index in [1.54, 1.807) is 7.11 Å². The van der Waals surface area contributed by atoms with Gasteiger partial charge in [-0.25, -0.2) is 0 Å². The molecule has 0 radical (unpaired) electrons. The number of para-hydroxylation sites is 2. The summed E-state index contributed by atoms with van der Waals surface area (Å²) in [4.78, 5) is 12.4. The molecule has 8 heteroatoms. The highest BCUT2D eigenvalue weighted by atomic mass is 32.2. The molecule has 0 fully saturated rings. The van der Waals surface area contributed by atoms with Crippen LogP contribution in [0.4, 0.5) is 5.69 Å². The summed E-state index contributed by atoms with van der Waals surface area (Å²) in [5, 5.41) is 12.3. The van der Waals surface area contributed by atoms with Gasteiger partial charge in [-0.1, -0.05) is 36.0 Å². The van der Waals surface area contributed by atoms with Gasteiger partial charge in [0.1, 0.15) is 0 Å². The Labute approximate surface area is 187 Å². The summed E-state index contributed by atoms with van der Waals surface area (Å²) in [6.07, 6.45) is -0.346. The minimum atomic E-state index is -0.346. The van der Waals surface area contributed by atoms with E-state index in [-0.39, 0.29) is 23.8 Å². The molecule has 1 atom stereocenters. The van der Waals surface area contributed by atoms with E-state index < -0.39 is 0 Å². The fraction of sp³-hybridized carbons (Fsp3) is 0.348. The summed E-state index contributed by atoms with van der Waals surface area (Å²) >= 11 is 1.36. The third kappa shape index (κ3) is 5.79. The first-order valence-corrected chi connectivity index (χ1v) is 11.1. The van der Waals surface area contributed by atoms with Crippen molar-refractivity contribution >= 4 is 23.4 Å². The van der Waals surface area contributed by atoms with Crippen molar-refractivity contribution in [2.75, 3.05) is 18.2 Å². The minimum Gasteiger partial charge on any atom is -0.493 e. The van der Waals surface area contributed by atoms with E-state index in [9.17, 15) is 4.79 Å². The topological polar surface area (TPSA) is 78.3 Å². The molecule has 0 saturated heterocycles. The van der Waals surface area contributed by atoms with Gasteiger partial charge in [0.25, 0.3) is 0 Å². The highest BCUT2D eigenvalue weighted by Crippen LogP contribution is 2.32. The number of thioether (sulfide) groups is 1. The van der Waals surface area contributed by atoms with Crippen molar-refractivity contribution < 1.29 is 14.3 Å². The van der Waals surface area contributed by atoms with Crippen LogP contribution in [0.5, 0.6) is 11.5 Å². The van der Waals surface area contributed by atoms with Crippen LogP contribution in [0.3, 0.4) is 0 Å². The number of hydrogen-bond acceptors (Lipinski definition) is 6. The fourth-order valence-electron chi connectivity index (χ4n) is 3.16. The van der Waals surface area contributed by atoms with Gasteiger partial charge < -0.3 is 19.4 Å². The summed E-state index contributed by atoms with van der Waals surface area (Å²) < 4.78 is 13.5. The fourth-order valence-corrected chi connectivity index (χ4v) is 4.03. The Morgan fingerprint density at radius 3 is 2.52 bits per heavy atom. The third-order valence-corrected chi connectivity index (χ3v) is 5.52. The molecular formula is C23H28N4O3S. The molecule has 7 nitrogen and oxygen atoms in total. The molecule has 0 bridgehead atoms. The lowest BCUT2D eigenvalue weighted by Crippen LogP contribution is -2.16. The Morgan fingerprint density at radius 1 is 1.10 bits per heavy atom. The van der Waals surface area contributed by atoms with E-state index in [0.29, 0.717) is 22.5 Å². The van der Waals surface area contributed by atoms with Gasteiger partial charge in [0, 0.05) is 11.7 Å². The molecule has 0 aliphatic heterocycles. The van der Waals surface area contributed by atoms with Gasteiger partial charge >= 0.3 is 0 Å². The summed E-state index contributed by atoms with van der Waals surface area (Å²) in [5.41, 5.74) is 1.88. The smallest absolute Gasteiger partial charge is 0.234 e. The van der Waals surface area contributed by atoms with Crippen molar-refractivity contribution in [3.05, 3.63) is 59.9 Å². The SMILES string of the molecule is COc1ccccc1OC(C)c1nnc(SCC(=O)Nc2cccc(C)c2)n1C(C)C. The van der Waals surface area contributed by atoms with Gasteiger partial charge in [-0.3, -0.25) is 4.79 Å². The molecule has 2 aromatic carbocycles. The monoisotopic (exact) mass is 440 g/mol. The number of ether oxygens (including phenoxy) is 2. The first kappa shape index (κ1) is 22.7. The van der Waals surface area contributed by atoms with Crippen molar-refractivity contribution in [1.29, 1.82) is 0 Å². The van der Waals surface area contributed by atoms with Crippen molar-refractivity contribution in [2.45, 2.75) is 45.0 Å². The van der Waals surface area contributed by atoms with E-state index in [1.807, 2.05) is 66.9 Å². The van der Waals surface area contributed by atoms with E-state index in [2.05, 4.69) is 29.4 Å². The predicted molar refractivity (Wildman–Crippen MR) is 123 cm³/mol. The summed E-state index contributed by atoms with van der Waals surface area (Å²) in [5.74, 6) is 2.15. The van der Waals surface area contributed by atoms with Crippen LogP contribution < -0.4 is 14.8 Å². The average molecular weight is 441 g/mol. The molecule has 3 rings (SSSR count). The molecule has 1 heterocycles. The molecule has 0 spiro atoms. The molecule has 1 unspecified atom stereocenters. The number of carbonyl (C=O) groups is 1. The number of benzene rings is 2. The van der Waals surface area contributed by atoms with Gasteiger partial charge in [0.2, 0.25) is 5.91 Å². The predicted octanol–water partition coefficient (Wildman–Crippen LogP) is 5.05. The first-order valence-electron chi connectivity index (χ1n) is 10.1. The number of nitrogens with one attached hydrogen (secondary N) is 1. The highest BCUT2D eigenvalue weighted by Gasteiger charge is 2.23. The lowest BCUT2D eigenvalue weighted by Gasteiger charge is -2.19. The largest absolute Gasteiger partial charge is 0.493 e. The Balaban J connectivity index is 1.70. The second-order valence-corrected chi connectivity index (χ2v) is 8.36. The maximum Gasteiger partial charge on any atom is 0.234 e. The van der Waals surface area contributed by atoms with Gasteiger partial charge in [-0.2, -0.15) is 0 Å². The number of aryl methyl sites for hydroxylation is 1. The summed E-state index contributed by atoms with van der Waals surface area (Å²) in [7, 11) is 1.61. The number of rotatable bonds is 9. The number of anilines is 1. The van der Waals surface area contributed by atoms with Gasteiger partial charge in [0.05, 0.1) is 12.9 Å². The summed E-state index contributed by atoms with van der Waals surface area (Å²) in [6.45, 7) is 8.03. The zero-order valence-electron chi connectivity index (χ0n) is 18.5. The van der Waals surface area contributed by atoms with Crippen LogP contribution in [-0.4, -0.2) is 33.5 Å². The standard InChI is InChI=1S/C23H28N4O3S/c1-15(2)27-22(17(4)30-20-12-7-6-11-19(20)29-5)25-26-23(27)31-14-21(28)24-18-10-8-9-16(3)13-18/h6-13,15,17H,14H2,1-5H3,(H,24,28). The molecule has 1 N–H and O–H groups in total. The van der Waals surface area contributed by atoms with Crippen LogP contribution in [-0.2, 0) is 4.79 Å². The van der Waals surface area contributed by atoms with Gasteiger partial charge in [0.15, 0.2) is 28.6 Å². The van der Waals surface area contributed by atoms with Crippen LogP contribution in [0.25, 0.3) is 0 Å². The van der Waals surface area contributed by atoms with E-state index >= 15 is 0 Å². The average Bonchev–Trinajstić information content (AvgIpc) is 3.17. The maximum atomic E-state index is 12.4. The molecule has 164 valence electrons. The number of hydrogen-bond donors (Lipinski definition) is 1. The lowest BCUT2D eigenvalue weighted by atomic mass is 10.2. The number of aromatic nitrogens is 3. The van der Waals surface area contributed by atoms with Gasteiger partial charge in [-0.15, -0.1) is 10.2 Å². The van der Waals surface area contributed by atoms with Crippen LogP contribution in [0.1, 0.15) is 44.3 Å². The van der Waals surface area contributed by atoms with Crippen molar-refractivity contribution in [3.63, 3.8) is 0 Å². The Morgan fingerprint density at radius 2 is 1.84 bits per heavy atom. The molecule has 1 aromatic heterocycles. The summed E-state index contributed by atoms with van der Waals surface area (Å²) in [6, 6.07) is 15.3. The van der Waals surface area contributed by atoms with Crippen molar-refractivity contribution in [2.24, 2.45) is 0 Å².